The largest absolute Gasteiger partial charge is 0.289 e. The highest BCUT2D eigenvalue weighted by atomic mass is 35.5. The number of carbonyl (C=O) groups excluding carboxylic acids is 2. The molecule has 0 spiro atoms. The van der Waals surface area contributed by atoms with Gasteiger partial charge in [0.25, 0.3) is 10.0 Å². The molecule has 0 fully saturated rings. The first-order valence-corrected chi connectivity index (χ1v) is 9.84. The van der Waals surface area contributed by atoms with E-state index >= 15 is 0 Å². The predicted molar refractivity (Wildman–Crippen MR) is 102 cm³/mol. The monoisotopic (exact) mass is 397 g/mol. The van der Waals surface area contributed by atoms with E-state index in [-0.39, 0.29) is 43.9 Å². The summed E-state index contributed by atoms with van der Waals surface area (Å²) in [5.74, 6) is -0.682. The Morgan fingerprint density at radius 1 is 0.704 bits per heavy atom. The number of carbonyl (C=O) groups is 2. The van der Waals surface area contributed by atoms with E-state index < -0.39 is 10.0 Å². The van der Waals surface area contributed by atoms with Crippen molar-refractivity contribution < 1.29 is 18.0 Å². The summed E-state index contributed by atoms with van der Waals surface area (Å²) in [7, 11) is -3.99. The minimum absolute atomic E-state index is 0.0701. The second-order valence-corrected chi connectivity index (χ2v) is 8.09. The third kappa shape index (κ3) is 2.93. The summed E-state index contributed by atoms with van der Waals surface area (Å²) in [5, 5.41) is 0.249. The molecule has 0 amide bonds. The normalized spacial score (nSPS) is 13.1. The topological polar surface area (TPSA) is 80.3 Å². The maximum Gasteiger partial charge on any atom is 0.261 e. The Kier molecular flexibility index (Phi) is 4.09. The summed E-state index contributed by atoms with van der Waals surface area (Å²) in [5.41, 5.74) is 1.07. The Labute approximate surface area is 160 Å². The van der Waals surface area contributed by atoms with Crippen molar-refractivity contribution in [2.24, 2.45) is 0 Å². The maximum absolute atomic E-state index is 12.8. The molecule has 27 heavy (non-hydrogen) atoms. The van der Waals surface area contributed by atoms with Gasteiger partial charge in [0.2, 0.25) is 0 Å². The lowest BCUT2D eigenvalue weighted by Crippen LogP contribution is -2.22. The molecule has 1 aliphatic rings. The van der Waals surface area contributed by atoms with E-state index in [9.17, 15) is 18.0 Å². The maximum atomic E-state index is 12.8. The molecule has 4 rings (SSSR count). The molecule has 0 saturated heterocycles. The Morgan fingerprint density at radius 3 is 1.93 bits per heavy atom. The Bertz CT molecular complexity index is 1220. The number of hydrogen-bond acceptors (Lipinski definition) is 4. The summed E-state index contributed by atoms with van der Waals surface area (Å²) in [4.78, 5) is 25.2. The van der Waals surface area contributed by atoms with Gasteiger partial charge in [-0.3, -0.25) is 14.3 Å². The van der Waals surface area contributed by atoms with E-state index in [0.717, 1.165) is 0 Å². The number of hydrogen-bond donors (Lipinski definition) is 1. The van der Waals surface area contributed by atoms with E-state index in [2.05, 4.69) is 4.72 Å². The minimum atomic E-state index is -3.99. The molecule has 0 radical (unpaired) electrons. The van der Waals surface area contributed by atoms with Crippen LogP contribution in [0.5, 0.6) is 0 Å². The number of halogens is 1. The van der Waals surface area contributed by atoms with Gasteiger partial charge in [0, 0.05) is 22.3 Å². The molecule has 0 heterocycles. The molecule has 0 aromatic heterocycles. The van der Waals surface area contributed by atoms with E-state index in [1.165, 1.54) is 24.3 Å². The molecular weight excluding hydrogens is 386 g/mol. The Balaban J connectivity index is 1.78. The average Bonchev–Trinajstić information content (AvgIpc) is 2.67. The molecule has 0 aliphatic heterocycles. The first-order chi connectivity index (χ1) is 12.9. The zero-order chi connectivity index (χ0) is 19.2. The van der Waals surface area contributed by atoms with Crippen LogP contribution in [0.3, 0.4) is 0 Å². The van der Waals surface area contributed by atoms with Crippen molar-refractivity contribution >= 4 is 38.9 Å². The predicted octanol–water partition coefficient (Wildman–Crippen LogP) is 3.92. The lowest BCUT2D eigenvalue weighted by molar-refractivity contribution is 0.0979. The fraction of sp³-hybridized carbons (Fsp3) is 0. The average molecular weight is 398 g/mol. The van der Waals surface area contributed by atoms with Gasteiger partial charge in [-0.1, -0.05) is 48.0 Å². The van der Waals surface area contributed by atoms with Gasteiger partial charge in [-0.15, -0.1) is 0 Å². The molecular formula is C20H12ClNO4S. The van der Waals surface area contributed by atoms with Gasteiger partial charge >= 0.3 is 0 Å². The van der Waals surface area contributed by atoms with Crippen LogP contribution in [-0.4, -0.2) is 20.0 Å². The number of anilines is 1. The minimum Gasteiger partial charge on any atom is -0.289 e. The second-order valence-electron chi connectivity index (χ2n) is 6.00. The number of fused-ring (bicyclic) bond motifs is 2. The summed E-state index contributed by atoms with van der Waals surface area (Å²) < 4.78 is 27.8. The van der Waals surface area contributed by atoms with Crippen molar-refractivity contribution in [3.63, 3.8) is 0 Å². The van der Waals surface area contributed by atoms with Crippen molar-refractivity contribution in [2.75, 3.05) is 4.72 Å². The van der Waals surface area contributed by atoms with Crippen molar-refractivity contribution in [1.29, 1.82) is 0 Å². The fourth-order valence-electron chi connectivity index (χ4n) is 2.99. The van der Waals surface area contributed by atoms with Crippen molar-refractivity contribution in [3.05, 3.63) is 94.0 Å². The van der Waals surface area contributed by atoms with Crippen LogP contribution in [0.25, 0.3) is 0 Å². The molecule has 3 aromatic carbocycles. The van der Waals surface area contributed by atoms with Gasteiger partial charge in [0.05, 0.1) is 15.6 Å². The van der Waals surface area contributed by atoms with Crippen LogP contribution < -0.4 is 4.72 Å². The standard InChI is InChI=1S/C20H12ClNO4S/c21-17-7-3-4-8-18(17)22-27(25,26)12-9-10-15-16(11-12)20(24)14-6-2-1-5-13(14)19(15)23/h1-11,22H. The zero-order valence-electron chi connectivity index (χ0n) is 13.8. The molecule has 1 aliphatic carbocycles. The van der Waals surface area contributed by atoms with Crippen molar-refractivity contribution in [1.82, 2.24) is 0 Å². The smallest absolute Gasteiger partial charge is 0.261 e. The molecule has 0 saturated carbocycles. The first-order valence-electron chi connectivity index (χ1n) is 7.98. The van der Waals surface area contributed by atoms with Gasteiger partial charge < -0.3 is 0 Å². The van der Waals surface area contributed by atoms with Gasteiger partial charge in [-0.25, -0.2) is 8.42 Å². The van der Waals surface area contributed by atoms with Crippen LogP contribution in [0.4, 0.5) is 5.69 Å². The van der Waals surface area contributed by atoms with Gasteiger partial charge in [-0.2, -0.15) is 0 Å². The fourth-order valence-corrected chi connectivity index (χ4v) is 4.34. The highest BCUT2D eigenvalue weighted by Crippen LogP contribution is 2.30. The summed E-state index contributed by atoms with van der Waals surface area (Å²) >= 11 is 6.01. The summed E-state index contributed by atoms with van der Waals surface area (Å²) in [6, 6.07) is 16.8. The van der Waals surface area contributed by atoms with Crippen LogP contribution in [0.15, 0.2) is 71.6 Å². The van der Waals surface area contributed by atoms with Gasteiger partial charge in [-0.05, 0) is 30.3 Å². The van der Waals surface area contributed by atoms with Crippen LogP contribution >= 0.6 is 11.6 Å². The molecule has 0 atom stereocenters. The lowest BCUT2D eigenvalue weighted by atomic mass is 9.84. The van der Waals surface area contributed by atoms with Crippen LogP contribution in [-0.2, 0) is 10.0 Å². The van der Waals surface area contributed by atoms with Gasteiger partial charge in [0.1, 0.15) is 0 Å². The van der Waals surface area contributed by atoms with E-state index in [1.807, 2.05) is 0 Å². The summed E-state index contributed by atoms with van der Waals surface area (Å²) in [6.45, 7) is 0. The Morgan fingerprint density at radius 2 is 1.26 bits per heavy atom. The first kappa shape index (κ1) is 17.5. The number of ketones is 2. The molecule has 7 heteroatoms. The molecule has 0 unspecified atom stereocenters. The third-order valence-corrected chi connectivity index (χ3v) is 6.02. The molecule has 5 nitrogen and oxygen atoms in total. The molecule has 1 N–H and O–H groups in total. The Hall–Kier alpha value is -2.96. The zero-order valence-corrected chi connectivity index (χ0v) is 15.3. The van der Waals surface area contributed by atoms with E-state index in [4.69, 9.17) is 11.6 Å². The highest BCUT2D eigenvalue weighted by Gasteiger charge is 2.30. The quantitative estimate of drug-likeness (QED) is 0.568. The van der Waals surface area contributed by atoms with E-state index in [0.29, 0.717) is 5.56 Å². The molecule has 0 bridgehead atoms. The van der Waals surface area contributed by atoms with Crippen LogP contribution in [0, 0.1) is 0 Å². The molecule has 3 aromatic rings. The number of nitrogens with one attached hydrogen (secondary N) is 1. The molecule has 134 valence electrons. The van der Waals surface area contributed by atoms with Crippen LogP contribution in [0.2, 0.25) is 5.02 Å². The number of benzene rings is 3. The lowest BCUT2D eigenvalue weighted by Gasteiger charge is -2.18. The van der Waals surface area contributed by atoms with Crippen molar-refractivity contribution in [2.45, 2.75) is 4.90 Å². The number of sulfonamides is 1. The highest BCUT2D eigenvalue weighted by molar-refractivity contribution is 7.92. The van der Waals surface area contributed by atoms with Gasteiger partial charge in [0.15, 0.2) is 11.6 Å². The SMILES string of the molecule is O=C1c2ccccc2C(=O)c2cc(S(=O)(=O)Nc3ccccc3Cl)ccc21. The third-order valence-electron chi connectivity index (χ3n) is 4.33. The van der Waals surface area contributed by atoms with E-state index in [1.54, 1.807) is 42.5 Å². The second kappa shape index (κ2) is 6.33. The number of rotatable bonds is 3. The number of para-hydroxylation sites is 1. The van der Waals surface area contributed by atoms with Crippen molar-refractivity contribution in [3.8, 4) is 0 Å². The van der Waals surface area contributed by atoms with Crippen LogP contribution in [0.1, 0.15) is 31.8 Å². The summed E-state index contributed by atoms with van der Waals surface area (Å²) in [6.07, 6.45) is 0.